The molecule has 1 unspecified atom stereocenters. The van der Waals surface area contributed by atoms with Crippen molar-refractivity contribution in [3.8, 4) is 0 Å². The monoisotopic (exact) mass is 300 g/mol. The van der Waals surface area contributed by atoms with Crippen molar-refractivity contribution in [2.75, 3.05) is 46.5 Å². The van der Waals surface area contributed by atoms with Crippen LogP contribution in [0.1, 0.15) is 19.3 Å². The van der Waals surface area contributed by atoms with Gasteiger partial charge in [-0.15, -0.1) is 0 Å². The number of likely N-dealkylation sites (tertiary alicyclic amines) is 1. The highest BCUT2D eigenvalue weighted by Gasteiger charge is 2.35. The molecule has 7 heteroatoms. The lowest BCUT2D eigenvalue weighted by Crippen LogP contribution is -2.48. The minimum Gasteiger partial charge on any atom is -0.481 e. The Morgan fingerprint density at radius 1 is 1.43 bits per heavy atom. The summed E-state index contributed by atoms with van der Waals surface area (Å²) in [5.74, 6) is -1.05. The van der Waals surface area contributed by atoms with Crippen LogP contribution < -0.4 is 5.32 Å². The Morgan fingerprint density at radius 3 is 2.67 bits per heavy atom. The Morgan fingerprint density at radius 2 is 2.14 bits per heavy atom. The smallest absolute Gasteiger partial charge is 0.306 e. The van der Waals surface area contributed by atoms with Gasteiger partial charge in [-0.3, -0.25) is 9.59 Å². The van der Waals surface area contributed by atoms with Gasteiger partial charge in [0.1, 0.15) is 5.60 Å². The van der Waals surface area contributed by atoms with Crippen molar-refractivity contribution in [1.82, 2.24) is 10.2 Å². The Bertz CT molecular complexity index is 374. The second kappa shape index (κ2) is 7.20. The van der Waals surface area contributed by atoms with Crippen molar-refractivity contribution < 1.29 is 24.2 Å². The number of carbonyl (C=O) groups excluding carboxylic acids is 1. The maximum Gasteiger partial charge on any atom is 0.306 e. The van der Waals surface area contributed by atoms with Crippen LogP contribution in [0.25, 0.3) is 0 Å². The summed E-state index contributed by atoms with van der Waals surface area (Å²) >= 11 is 0. The minimum absolute atomic E-state index is 0.0176. The van der Waals surface area contributed by atoms with Crippen LogP contribution in [0.5, 0.6) is 0 Å². The average Bonchev–Trinajstić information content (AvgIpc) is 2.96. The Kier molecular flexibility index (Phi) is 5.55. The van der Waals surface area contributed by atoms with Gasteiger partial charge in [-0.2, -0.15) is 0 Å². The van der Waals surface area contributed by atoms with Gasteiger partial charge in [-0.1, -0.05) is 0 Å². The lowest BCUT2D eigenvalue weighted by molar-refractivity contribution is -0.145. The number of ether oxygens (including phenoxy) is 2. The first kappa shape index (κ1) is 16.2. The van der Waals surface area contributed by atoms with E-state index in [0.29, 0.717) is 45.7 Å². The van der Waals surface area contributed by atoms with E-state index in [1.165, 1.54) is 0 Å². The zero-order chi connectivity index (χ0) is 15.3. The number of piperidine rings is 1. The largest absolute Gasteiger partial charge is 0.481 e. The Hall–Kier alpha value is -1.18. The van der Waals surface area contributed by atoms with E-state index in [9.17, 15) is 9.59 Å². The SMILES string of the molecule is COC1(CNCC(=O)N2CCC(C(=O)O)CC2)CCOC1. The molecule has 120 valence electrons. The van der Waals surface area contributed by atoms with Crippen molar-refractivity contribution in [2.45, 2.75) is 24.9 Å². The van der Waals surface area contributed by atoms with E-state index >= 15 is 0 Å². The van der Waals surface area contributed by atoms with Crippen molar-refractivity contribution in [2.24, 2.45) is 5.92 Å². The van der Waals surface area contributed by atoms with Gasteiger partial charge >= 0.3 is 5.97 Å². The fraction of sp³-hybridized carbons (Fsp3) is 0.857. The Balaban J connectivity index is 1.69. The molecule has 21 heavy (non-hydrogen) atoms. The number of methoxy groups -OCH3 is 1. The van der Waals surface area contributed by atoms with E-state index in [1.807, 2.05) is 0 Å². The first-order chi connectivity index (χ1) is 10.1. The summed E-state index contributed by atoms with van der Waals surface area (Å²) in [7, 11) is 1.66. The van der Waals surface area contributed by atoms with Gasteiger partial charge in [0.2, 0.25) is 5.91 Å². The highest BCUT2D eigenvalue weighted by atomic mass is 16.5. The van der Waals surface area contributed by atoms with Crippen molar-refractivity contribution in [1.29, 1.82) is 0 Å². The molecule has 0 aromatic rings. The van der Waals surface area contributed by atoms with E-state index in [1.54, 1.807) is 12.0 Å². The molecular weight excluding hydrogens is 276 g/mol. The van der Waals surface area contributed by atoms with Gasteiger partial charge in [0.05, 0.1) is 19.1 Å². The summed E-state index contributed by atoms with van der Waals surface area (Å²) < 4.78 is 10.8. The molecule has 0 radical (unpaired) electrons. The van der Waals surface area contributed by atoms with Gasteiger partial charge in [-0.05, 0) is 12.8 Å². The van der Waals surface area contributed by atoms with Gasteiger partial charge < -0.3 is 24.8 Å². The zero-order valence-corrected chi connectivity index (χ0v) is 12.5. The third-order valence-corrected chi connectivity index (χ3v) is 4.42. The predicted molar refractivity (Wildman–Crippen MR) is 75.0 cm³/mol. The minimum atomic E-state index is -0.761. The number of rotatable bonds is 6. The third-order valence-electron chi connectivity index (χ3n) is 4.42. The summed E-state index contributed by atoms with van der Waals surface area (Å²) in [6.45, 7) is 3.12. The topological polar surface area (TPSA) is 88.1 Å². The van der Waals surface area contributed by atoms with E-state index in [2.05, 4.69) is 5.32 Å². The van der Waals surface area contributed by atoms with Crippen LogP contribution in [0.4, 0.5) is 0 Å². The highest BCUT2D eigenvalue weighted by molar-refractivity contribution is 5.78. The van der Waals surface area contributed by atoms with E-state index in [-0.39, 0.29) is 24.0 Å². The summed E-state index contributed by atoms with van der Waals surface area (Å²) in [5.41, 5.74) is -0.323. The van der Waals surface area contributed by atoms with E-state index < -0.39 is 5.97 Å². The molecule has 2 rings (SSSR count). The summed E-state index contributed by atoms with van der Waals surface area (Å²) in [4.78, 5) is 24.7. The number of carbonyl (C=O) groups is 2. The molecule has 2 aliphatic rings. The molecule has 0 aromatic carbocycles. The van der Waals surface area contributed by atoms with Crippen LogP contribution in [0.3, 0.4) is 0 Å². The molecular formula is C14H24N2O5. The predicted octanol–water partition coefficient (Wildman–Crippen LogP) is -0.295. The molecule has 0 aliphatic carbocycles. The number of amides is 1. The molecule has 2 fully saturated rings. The van der Waals surface area contributed by atoms with E-state index in [0.717, 1.165) is 6.42 Å². The first-order valence-electron chi connectivity index (χ1n) is 7.40. The summed E-state index contributed by atoms with van der Waals surface area (Å²) in [6, 6.07) is 0. The first-order valence-corrected chi connectivity index (χ1v) is 7.40. The number of nitrogens with zero attached hydrogens (tertiary/aromatic N) is 1. The second-order valence-corrected chi connectivity index (χ2v) is 5.79. The number of nitrogens with one attached hydrogen (secondary N) is 1. The number of hydrogen-bond donors (Lipinski definition) is 2. The molecule has 7 nitrogen and oxygen atoms in total. The average molecular weight is 300 g/mol. The molecule has 2 saturated heterocycles. The third kappa shape index (κ3) is 4.15. The number of hydrogen-bond acceptors (Lipinski definition) is 5. The van der Waals surface area contributed by atoms with Gasteiger partial charge in [-0.25, -0.2) is 0 Å². The van der Waals surface area contributed by atoms with Crippen LogP contribution >= 0.6 is 0 Å². The van der Waals surface area contributed by atoms with Crippen LogP contribution in [-0.4, -0.2) is 74.0 Å². The molecule has 2 heterocycles. The fourth-order valence-corrected chi connectivity index (χ4v) is 2.85. The maximum absolute atomic E-state index is 12.1. The van der Waals surface area contributed by atoms with Gasteiger partial charge in [0.25, 0.3) is 0 Å². The van der Waals surface area contributed by atoms with Crippen molar-refractivity contribution in [3.05, 3.63) is 0 Å². The second-order valence-electron chi connectivity index (χ2n) is 5.79. The number of aliphatic carboxylic acids is 1. The Labute approximate surface area is 124 Å². The molecule has 2 aliphatic heterocycles. The maximum atomic E-state index is 12.1. The number of carboxylic acid groups (broad SMARTS) is 1. The van der Waals surface area contributed by atoms with Gasteiger partial charge in [0.15, 0.2) is 0 Å². The molecule has 2 N–H and O–H groups in total. The van der Waals surface area contributed by atoms with Gasteiger partial charge in [0, 0.05) is 39.8 Å². The van der Waals surface area contributed by atoms with Crippen LogP contribution in [0.2, 0.25) is 0 Å². The molecule has 0 aromatic heterocycles. The summed E-state index contributed by atoms with van der Waals surface area (Å²) in [5, 5.41) is 12.1. The highest BCUT2D eigenvalue weighted by Crippen LogP contribution is 2.21. The molecule has 1 amide bonds. The quantitative estimate of drug-likeness (QED) is 0.700. The zero-order valence-electron chi connectivity index (χ0n) is 12.5. The lowest BCUT2D eigenvalue weighted by atomic mass is 9.97. The van der Waals surface area contributed by atoms with Crippen molar-refractivity contribution in [3.63, 3.8) is 0 Å². The van der Waals surface area contributed by atoms with Crippen LogP contribution in [0, 0.1) is 5.92 Å². The normalized spacial score (nSPS) is 27.0. The van der Waals surface area contributed by atoms with E-state index in [4.69, 9.17) is 14.6 Å². The molecule has 0 saturated carbocycles. The molecule has 1 atom stereocenters. The van der Waals surface area contributed by atoms with Crippen LogP contribution in [-0.2, 0) is 19.1 Å². The fourth-order valence-electron chi connectivity index (χ4n) is 2.85. The summed E-state index contributed by atoms with van der Waals surface area (Å²) in [6.07, 6.45) is 1.91. The van der Waals surface area contributed by atoms with Crippen molar-refractivity contribution >= 4 is 11.9 Å². The van der Waals surface area contributed by atoms with Crippen LogP contribution in [0.15, 0.2) is 0 Å². The lowest BCUT2D eigenvalue weighted by Gasteiger charge is -2.31. The molecule has 0 bridgehead atoms. The standard InChI is InChI=1S/C14H24N2O5/c1-20-14(4-7-21-10-14)9-15-8-12(17)16-5-2-11(3-6-16)13(18)19/h11,15H,2-10H2,1H3,(H,18,19). The molecule has 0 spiro atoms. The number of carboxylic acids is 1.